The second-order valence-electron chi connectivity index (χ2n) is 3.73. The summed E-state index contributed by atoms with van der Waals surface area (Å²) >= 11 is 0. The van der Waals surface area contributed by atoms with Crippen molar-refractivity contribution in [1.82, 2.24) is 9.55 Å². The molecule has 0 radical (unpaired) electrons. The Bertz CT molecular complexity index is 499. The molecule has 0 saturated carbocycles. The molecule has 1 aromatic heterocycles. The highest BCUT2D eigenvalue weighted by Gasteiger charge is 2.03. The second-order valence-corrected chi connectivity index (χ2v) is 3.73. The zero-order valence-electron chi connectivity index (χ0n) is 9.03. The number of nitrogens with zero attached hydrogens (tertiary/aromatic N) is 2. The molecule has 0 aliphatic heterocycles. The molecule has 0 saturated heterocycles. The van der Waals surface area contributed by atoms with Gasteiger partial charge in [0.15, 0.2) is 0 Å². The number of imidazole rings is 1. The average molecular weight is 202 g/mol. The lowest BCUT2D eigenvalue weighted by Gasteiger charge is -2.00. The molecule has 3 nitrogen and oxygen atoms in total. The summed E-state index contributed by atoms with van der Waals surface area (Å²) in [7, 11) is 0. The SMILES string of the molecule is CCn1cnc2cc(CC(C)=O)ccc21. The zero-order valence-corrected chi connectivity index (χ0v) is 9.03. The van der Waals surface area contributed by atoms with Crippen LogP contribution in [0.2, 0.25) is 0 Å². The van der Waals surface area contributed by atoms with E-state index in [0.717, 1.165) is 23.1 Å². The van der Waals surface area contributed by atoms with Crippen molar-refractivity contribution in [3.05, 3.63) is 30.1 Å². The number of fused-ring (bicyclic) bond motifs is 1. The molecule has 0 atom stereocenters. The molecule has 2 rings (SSSR count). The minimum atomic E-state index is 0.185. The first kappa shape index (κ1) is 9.90. The first-order valence-electron chi connectivity index (χ1n) is 5.14. The largest absolute Gasteiger partial charge is 0.331 e. The molecule has 0 N–H and O–H groups in total. The minimum absolute atomic E-state index is 0.185. The lowest BCUT2D eigenvalue weighted by molar-refractivity contribution is -0.116. The van der Waals surface area contributed by atoms with Crippen molar-refractivity contribution in [1.29, 1.82) is 0 Å². The molecule has 2 aromatic rings. The molecule has 15 heavy (non-hydrogen) atoms. The molecule has 1 aromatic carbocycles. The molecule has 1 heterocycles. The fourth-order valence-corrected chi connectivity index (χ4v) is 1.76. The molecule has 3 heteroatoms. The molecule has 78 valence electrons. The van der Waals surface area contributed by atoms with Crippen molar-refractivity contribution in [3.63, 3.8) is 0 Å². The van der Waals surface area contributed by atoms with E-state index in [9.17, 15) is 4.79 Å². The van der Waals surface area contributed by atoms with Gasteiger partial charge in [0.2, 0.25) is 0 Å². The third-order valence-electron chi connectivity index (χ3n) is 2.48. The molecular formula is C12H14N2O. The Balaban J connectivity index is 2.44. The summed E-state index contributed by atoms with van der Waals surface area (Å²) in [6.45, 7) is 4.61. The van der Waals surface area contributed by atoms with E-state index in [4.69, 9.17) is 0 Å². The van der Waals surface area contributed by atoms with Gasteiger partial charge in [0.05, 0.1) is 17.4 Å². The fraction of sp³-hybridized carbons (Fsp3) is 0.333. The molecule has 0 aliphatic rings. The molecule has 0 amide bonds. The van der Waals surface area contributed by atoms with Crippen LogP contribution in [0.1, 0.15) is 19.4 Å². The predicted octanol–water partition coefficient (Wildman–Crippen LogP) is 2.19. The Morgan fingerprint density at radius 1 is 1.47 bits per heavy atom. The summed E-state index contributed by atoms with van der Waals surface area (Å²) in [5, 5.41) is 0. The van der Waals surface area contributed by atoms with Crippen LogP contribution in [0.15, 0.2) is 24.5 Å². The van der Waals surface area contributed by atoms with E-state index in [0.29, 0.717) is 6.42 Å². The van der Waals surface area contributed by atoms with Crippen molar-refractivity contribution < 1.29 is 4.79 Å². The Hall–Kier alpha value is -1.64. The van der Waals surface area contributed by atoms with Crippen molar-refractivity contribution in [2.45, 2.75) is 26.8 Å². The van der Waals surface area contributed by atoms with E-state index < -0.39 is 0 Å². The second kappa shape index (κ2) is 3.85. The molecule has 0 bridgehead atoms. The van der Waals surface area contributed by atoms with Crippen LogP contribution in [0.3, 0.4) is 0 Å². The van der Waals surface area contributed by atoms with Gasteiger partial charge in [-0.05, 0) is 31.5 Å². The summed E-state index contributed by atoms with van der Waals surface area (Å²) < 4.78 is 2.09. The molecule has 0 unspecified atom stereocenters. The lowest BCUT2D eigenvalue weighted by Crippen LogP contribution is -1.96. The summed E-state index contributed by atoms with van der Waals surface area (Å²) in [5.74, 6) is 0.185. The number of benzene rings is 1. The molecule has 0 spiro atoms. The number of hydrogen-bond donors (Lipinski definition) is 0. The predicted molar refractivity (Wildman–Crippen MR) is 59.8 cm³/mol. The smallest absolute Gasteiger partial charge is 0.134 e. The quantitative estimate of drug-likeness (QED) is 0.764. The third-order valence-corrected chi connectivity index (χ3v) is 2.48. The standard InChI is InChI=1S/C12H14N2O/c1-3-14-8-13-11-7-10(6-9(2)15)4-5-12(11)14/h4-5,7-8H,3,6H2,1-2H3. The number of aromatic nitrogens is 2. The number of Topliss-reactive ketones (excluding diaryl/α,β-unsaturated/α-hetero) is 1. The Morgan fingerprint density at radius 3 is 2.93 bits per heavy atom. The topological polar surface area (TPSA) is 34.9 Å². The van der Waals surface area contributed by atoms with Gasteiger partial charge in [0, 0.05) is 13.0 Å². The van der Waals surface area contributed by atoms with Crippen molar-refractivity contribution in [2.75, 3.05) is 0 Å². The Kier molecular flexibility index (Phi) is 2.54. The summed E-state index contributed by atoms with van der Waals surface area (Å²) in [4.78, 5) is 15.3. The number of aryl methyl sites for hydroxylation is 1. The van der Waals surface area contributed by atoms with Crippen molar-refractivity contribution in [2.24, 2.45) is 0 Å². The van der Waals surface area contributed by atoms with Gasteiger partial charge >= 0.3 is 0 Å². The van der Waals surface area contributed by atoms with Gasteiger partial charge in [-0.2, -0.15) is 0 Å². The summed E-state index contributed by atoms with van der Waals surface area (Å²) in [6, 6.07) is 6.02. The number of hydrogen-bond acceptors (Lipinski definition) is 2. The van der Waals surface area contributed by atoms with Crippen LogP contribution in [-0.4, -0.2) is 15.3 Å². The number of carbonyl (C=O) groups is 1. The van der Waals surface area contributed by atoms with Gasteiger partial charge in [-0.15, -0.1) is 0 Å². The van der Waals surface area contributed by atoms with Gasteiger partial charge < -0.3 is 4.57 Å². The highest BCUT2D eigenvalue weighted by atomic mass is 16.1. The third kappa shape index (κ3) is 1.91. The van der Waals surface area contributed by atoms with Crippen LogP contribution in [0.5, 0.6) is 0 Å². The van der Waals surface area contributed by atoms with Crippen molar-refractivity contribution >= 4 is 16.8 Å². The first-order chi connectivity index (χ1) is 7.20. The molecule has 0 aliphatic carbocycles. The van der Waals surface area contributed by atoms with Crippen LogP contribution in [0.4, 0.5) is 0 Å². The van der Waals surface area contributed by atoms with E-state index in [1.807, 2.05) is 24.5 Å². The van der Waals surface area contributed by atoms with E-state index in [1.54, 1.807) is 6.92 Å². The molecular weight excluding hydrogens is 188 g/mol. The van der Waals surface area contributed by atoms with Gasteiger partial charge in [0.1, 0.15) is 5.78 Å². The van der Waals surface area contributed by atoms with Gasteiger partial charge in [0.25, 0.3) is 0 Å². The van der Waals surface area contributed by atoms with Gasteiger partial charge in [-0.3, -0.25) is 4.79 Å². The van der Waals surface area contributed by atoms with E-state index in [1.165, 1.54) is 0 Å². The normalized spacial score (nSPS) is 10.8. The van der Waals surface area contributed by atoms with Crippen molar-refractivity contribution in [3.8, 4) is 0 Å². The van der Waals surface area contributed by atoms with E-state index in [2.05, 4.69) is 16.5 Å². The maximum absolute atomic E-state index is 11.0. The summed E-state index contributed by atoms with van der Waals surface area (Å²) in [5.41, 5.74) is 3.14. The monoisotopic (exact) mass is 202 g/mol. The first-order valence-corrected chi connectivity index (χ1v) is 5.14. The van der Waals surface area contributed by atoms with Crippen LogP contribution in [0, 0.1) is 0 Å². The highest BCUT2D eigenvalue weighted by molar-refractivity contribution is 5.81. The van der Waals surface area contributed by atoms with E-state index in [-0.39, 0.29) is 5.78 Å². The highest BCUT2D eigenvalue weighted by Crippen LogP contribution is 2.15. The van der Waals surface area contributed by atoms with E-state index >= 15 is 0 Å². The fourth-order valence-electron chi connectivity index (χ4n) is 1.76. The number of ketones is 1. The Morgan fingerprint density at radius 2 is 2.27 bits per heavy atom. The Labute approximate surface area is 88.7 Å². The minimum Gasteiger partial charge on any atom is -0.331 e. The number of rotatable bonds is 3. The van der Waals surface area contributed by atoms with Crippen LogP contribution < -0.4 is 0 Å². The number of carbonyl (C=O) groups excluding carboxylic acids is 1. The van der Waals surface area contributed by atoms with Gasteiger partial charge in [-0.1, -0.05) is 6.07 Å². The lowest BCUT2D eigenvalue weighted by atomic mass is 10.1. The van der Waals surface area contributed by atoms with Crippen LogP contribution in [0.25, 0.3) is 11.0 Å². The van der Waals surface area contributed by atoms with Crippen LogP contribution >= 0.6 is 0 Å². The maximum Gasteiger partial charge on any atom is 0.134 e. The molecule has 0 fully saturated rings. The van der Waals surface area contributed by atoms with Gasteiger partial charge in [-0.25, -0.2) is 4.98 Å². The maximum atomic E-state index is 11.0. The van der Waals surface area contributed by atoms with Crippen LogP contribution in [-0.2, 0) is 17.8 Å². The average Bonchev–Trinajstić information content (AvgIpc) is 2.58. The zero-order chi connectivity index (χ0) is 10.8. The summed E-state index contributed by atoms with van der Waals surface area (Å²) in [6.07, 6.45) is 2.33.